The van der Waals surface area contributed by atoms with Crippen LogP contribution in [0.5, 0.6) is 5.75 Å². The van der Waals surface area contributed by atoms with Crippen molar-refractivity contribution in [1.29, 1.82) is 0 Å². The third-order valence-corrected chi connectivity index (χ3v) is 3.05. The van der Waals surface area contributed by atoms with Gasteiger partial charge in [-0.15, -0.1) is 0 Å². The Balaban J connectivity index is 2.56. The van der Waals surface area contributed by atoms with Crippen molar-refractivity contribution < 1.29 is 9.53 Å². The minimum atomic E-state index is -2.36. The van der Waals surface area contributed by atoms with Crippen LogP contribution in [-0.4, -0.2) is 31.2 Å². The third-order valence-electron chi connectivity index (χ3n) is 2.57. The molecule has 21 heavy (non-hydrogen) atoms. The summed E-state index contributed by atoms with van der Waals surface area (Å²) in [5, 5.41) is 2.02. The van der Waals surface area contributed by atoms with Gasteiger partial charge in [-0.05, 0) is 24.3 Å². The van der Waals surface area contributed by atoms with E-state index < -0.39 is 21.1 Å². The van der Waals surface area contributed by atoms with Crippen LogP contribution in [0, 0.1) is 0 Å². The largest absolute Gasteiger partial charge is 0.497 e. The zero-order valence-corrected chi connectivity index (χ0v) is 12.7. The summed E-state index contributed by atoms with van der Waals surface area (Å²) in [6.45, 7) is 0. The third kappa shape index (κ3) is 2.99. The van der Waals surface area contributed by atoms with E-state index in [9.17, 15) is 14.4 Å². The highest BCUT2D eigenvalue weighted by atomic mass is 35.6. The van der Waals surface area contributed by atoms with Crippen molar-refractivity contribution in [2.75, 3.05) is 7.11 Å². The smallest absolute Gasteiger partial charge is 0.359 e. The molecule has 0 amide bonds. The van der Waals surface area contributed by atoms with E-state index in [1.165, 1.54) is 19.2 Å². The van der Waals surface area contributed by atoms with Gasteiger partial charge in [-0.2, -0.15) is 4.68 Å². The van der Waals surface area contributed by atoms with E-state index in [2.05, 4.69) is 0 Å². The fourth-order valence-corrected chi connectivity index (χ4v) is 1.86. The van der Waals surface area contributed by atoms with E-state index in [1.807, 2.05) is 5.10 Å². The van der Waals surface area contributed by atoms with E-state index in [-0.39, 0.29) is 5.69 Å². The lowest BCUT2D eigenvalue weighted by atomic mass is 10.3. The molecule has 7 nitrogen and oxygen atoms in total. The van der Waals surface area contributed by atoms with E-state index in [0.717, 1.165) is 4.57 Å². The standard InChI is InChI=1S/C11H8Cl3N3O4/c1-21-7-4-2-6(3-5-7)16-9(19)15-17(10(16)20)8(18)11(12,13)14/h2-5H,1H3,(H,15,19). The van der Waals surface area contributed by atoms with Crippen molar-refractivity contribution >= 4 is 40.7 Å². The highest BCUT2D eigenvalue weighted by Gasteiger charge is 2.34. The number of hydrogen-bond acceptors (Lipinski definition) is 4. The van der Waals surface area contributed by atoms with Gasteiger partial charge in [-0.1, -0.05) is 34.8 Å². The summed E-state index contributed by atoms with van der Waals surface area (Å²) in [6.07, 6.45) is 0. The molecule has 112 valence electrons. The van der Waals surface area contributed by atoms with Gasteiger partial charge in [0.25, 0.3) is 3.79 Å². The number of aromatic amines is 1. The summed E-state index contributed by atoms with van der Waals surface area (Å²) in [5.41, 5.74) is -1.58. The topological polar surface area (TPSA) is 86.1 Å². The van der Waals surface area contributed by atoms with Crippen molar-refractivity contribution in [3.05, 3.63) is 45.2 Å². The first-order valence-corrected chi connectivity index (χ1v) is 6.59. The number of nitrogens with one attached hydrogen (secondary N) is 1. The highest BCUT2D eigenvalue weighted by molar-refractivity contribution is 6.76. The Morgan fingerprint density at radius 2 is 1.76 bits per heavy atom. The van der Waals surface area contributed by atoms with Gasteiger partial charge >= 0.3 is 17.3 Å². The first-order valence-electron chi connectivity index (χ1n) is 5.45. The van der Waals surface area contributed by atoms with Gasteiger partial charge < -0.3 is 4.74 Å². The lowest BCUT2D eigenvalue weighted by Crippen LogP contribution is -2.36. The van der Waals surface area contributed by atoms with Crippen LogP contribution < -0.4 is 16.1 Å². The number of halogens is 3. The molecule has 0 saturated heterocycles. The average molecular weight is 353 g/mol. The number of carbonyl (C=O) groups excluding carboxylic acids is 1. The molecule has 0 fully saturated rings. The summed E-state index contributed by atoms with van der Waals surface area (Å²) in [4.78, 5) is 35.7. The van der Waals surface area contributed by atoms with E-state index in [1.54, 1.807) is 12.1 Å². The number of benzene rings is 1. The number of H-pyrrole nitrogens is 1. The molecular formula is C11H8Cl3N3O4. The molecule has 1 aromatic carbocycles. The normalized spacial score (nSPS) is 11.4. The second kappa shape index (κ2) is 5.59. The van der Waals surface area contributed by atoms with Crippen LogP contribution in [0.1, 0.15) is 4.79 Å². The number of ether oxygens (including phenoxy) is 1. The minimum Gasteiger partial charge on any atom is -0.497 e. The van der Waals surface area contributed by atoms with E-state index in [0.29, 0.717) is 10.4 Å². The monoisotopic (exact) mass is 351 g/mol. The number of rotatable bonds is 2. The van der Waals surface area contributed by atoms with Gasteiger partial charge in [-0.3, -0.25) is 4.79 Å². The lowest BCUT2D eigenvalue weighted by Gasteiger charge is -2.07. The first-order chi connectivity index (χ1) is 9.75. The summed E-state index contributed by atoms with van der Waals surface area (Å²) in [7, 11) is 1.48. The number of alkyl halides is 3. The van der Waals surface area contributed by atoms with Crippen molar-refractivity contribution in [2.45, 2.75) is 3.79 Å². The molecular weight excluding hydrogens is 344 g/mol. The SMILES string of the molecule is COc1ccc(-n2c(=O)[nH]n(C(=O)C(Cl)(Cl)Cl)c2=O)cc1. The number of aromatic nitrogens is 3. The Hall–Kier alpha value is -1.70. The molecule has 2 aromatic rings. The maximum absolute atomic E-state index is 12.1. The van der Waals surface area contributed by atoms with Crippen LogP contribution in [0.3, 0.4) is 0 Å². The molecule has 0 aliphatic rings. The van der Waals surface area contributed by atoms with Crippen LogP contribution in [0.25, 0.3) is 5.69 Å². The molecule has 2 rings (SSSR count). The Kier molecular flexibility index (Phi) is 4.18. The summed E-state index contributed by atoms with van der Waals surface area (Å²) < 4.78 is 3.68. The van der Waals surface area contributed by atoms with Crippen LogP contribution in [0.4, 0.5) is 0 Å². The Morgan fingerprint density at radius 3 is 2.24 bits per heavy atom. The van der Waals surface area contributed by atoms with Crippen LogP contribution in [-0.2, 0) is 0 Å². The molecule has 0 aliphatic carbocycles. The zero-order chi connectivity index (χ0) is 15.8. The van der Waals surface area contributed by atoms with Crippen molar-refractivity contribution in [1.82, 2.24) is 14.3 Å². The molecule has 0 saturated carbocycles. The first kappa shape index (κ1) is 15.7. The Bertz CT molecular complexity index is 783. The average Bonchev–Trinajstić information content (AvgIpc) is 2.72. The fraction of sp³-hybridized carbons (Fsp3) is 0.182. The van der Waals surface area contributed by atoms with Crippen LogP contribution >= 0.6 is 34.8 Å². The van der Waals surface area contributed by atoms with Gasteiger partial charge in [0.2, 0.25) is 0 Å². The number of hydrogen-bond donors (Lipinski definition) is 1. The number of carbonyl (C=O) groups is 1. The van der Waals surface area contributed by atoms with Gasteiger partial charge in [0.1, 0.15) is 5.75 Å². The maximum Gasteiger partial charge on any atom is 0.359 e. The molecule has 10 heteroatoms. The summed E-state index contributed by atoms with van der Waals surface area (Å²) >= 11 is 16.2. The molecule has 0 unspecified atom stereocenters. The number of methoxy groups -OCH3 is 1. The van der Waals surface area contributed by atoms with Gasteiger partial charge in [-0.25, -0.2) is 19.3 Å². The minimum absolute atomic E-state index is 0.234. The highest BCUT2D eigenvalue weighted by Crippen LogP contribution is 2.27. The zero-order valence-electron chi connectivity index (χ0n) is 10.5. The van der Waals surface area contributed by atoms with Crippen molar-refractivity contribution in [2.24, 2.45) is 0 Å². The number of nitrogens with zero attached hydrogens (tertiary/aromatic N) is 2. The quantitative estimate of drug-likeness (QED) is 0.827. The van der Waals surface area contributed by atoms with Crippen molar-refractivity contribution in [3.63, 3.8) is 0 Å². The predicted octanol–water partition coefficient (Wildman–Crippen LogP) is 1.35. The van der Waals surface area contributed by atoms with Gasteiger partial charge in [0.05, 0.1) is 12.8 Å². The summed E-state index contributed by atoms with van der Waals surface area (Å²) in [5.74, 6) is -0.637. The molecule has 0 atom stereocenters. The summed E-state index contributed by atoms with van der Waals surface area (Å²) in [6, 6.07) is 6.05. The van der Waals surface area contributed by atoms with Crippen LogP contribution in [0.2, 0.25) is 0 Å². The molecule has 1 heterocycles. The van der Waals surface area contributed by atoms with Gasteiger partial charge in [0.15, 0.2) is 0 Å². The Labute approximate surface area is 132 Å². The molecule has 0 spiro atoms. The fourth-order valence-electron chi connectivity index (χ4n) is 1.60. The molecule has 0 bridgehead atoms. The maximum atomic E-state index is 12.1. The molecule has 0 aliphatic heterocycles. The molecule has 1 N–H and O–H groups in total. The Morgan fingerprint density at radius 1 is 1.19 bits per heavy atom. The molecule has 1 aromatic heterocycles. The van der Waals surface area contributed by atoms with Gasteiger partial charge in [0, 0.05) is 0 Å². The lowest BCUT2D eigenvalue weighted by molar-refractivity contribution is 0.0897. The van der Waals surface area contributed by atoms with Crippen LogP contribution in [0.15, 0.2) is 33.9 Å². The second-order valence-corrected chi connectivity index (χ2v) is 6.15. The second-order valence-electron chi connectivity index (χ2n) is 3.87. The van der Waals surface area contributed by atoms with E-state index in [4.69, 9.17) is 39.5 Å². The predicted molar refractivity (Wildman–Crippen MR) is 78.1 cm³/mol. The van der Waals surface area contributed by atoms with Crippen molar-refractivity contribution in [3.8, 4) is 11.4 Å². The van der Waals surface area contributed by atoms with E-state index >= 15 is 0 Å². The molecule has 0 radical (unpaired) electrons.